The Bertz CT molecular complexity index is 266. The Labute approximate surface area is 92.9 Å². The molecule has 0 aliphatic carbocycles. The third kappa shape index (κ3) is 4.98. The molecule has 3 heteroatoms. The lowest BCUT2D eigenvalue weighted by atomic mass is 10.2. The SMILES string of the molecule is CCCn1cc(CCNCC(C)C)cn1. The van der Waals surface area contributed by atoms with Gasteiger partial charge < -0.3 is 5.32 Å². The van der Waals surface area contributed by atoms with Crippen molar-refractivity contribution in [2.45, 2.75) is 40.2 Å². The number of rotatable bonds is 7. The second-order valence-corrected chi connectivity index (χ2v) is 4.46. The lowest BCUT2D eigenvalue weighted by Gasteiger charge is -2.05. The maximum atomic E-state index is 4.31. The highest BCUT2D eigenvalue weighted by atomic mass is 15.3. The van der Waals surface area contributed by atoms with E-state index in [0.717, 1.165) is 38.4 Å². The molecule has 1 N–H and O–H groups in total. The average molecular weight is 209 g/mol. The quantitative estimate of drug-likeness (QED) is 0.697. The monoisotopic (exact) mass is 209 g/mol. The minimum atomic E-state index is 0.729. The van der Waals surface area contributed by atoms with Gasteiger partial charge in [0, 0.05) is 12.7 Å². The first-order valence-electron chi connectivity index (χ1n) is 5.94. The Morgan fingerprint density at radius 2 is 2.27 bits per heavy atom. The maximum Gasteiger partial charge on any atom is 0.0522 e. The molecule has 0 unspecified atom stereocenters. The number of aryl methyl sites for hydroxylation is 1. The summed E-state index contributed by atoms with van der Waals surface area (Å²) >= 11 is 0. The summed E-state index contributed by atoms with van der Waals surface area (Å²) in [5, 5.41) is 7.75. The van der Waals surface area contributed by atoms with Crippen molar-refractivity contribution in [2.75, 3.05) is 13.1 Å². The molecule has 0 fully saturated rings. The molecule has 0 bridgehead atoms. The Morgan fingerprint density at radius 3 is 2.93 bits per heavy atom. The summed E-state index contributed by atoms with van der Waals surface area (Å²) in [4.78, 5) is 0. The second kappa shape index (κ2) is 6.62. The lowest BCUT2D eigenvalue weighted by Crippen LogP contribution is -2.21. The van der Waals surface area contributed by atoms with Crippen molar-refractivity contribution in [3.05, 3.63) is 18.0 Å². The van der Waals surface area contributed by atoms with Gasteiger partial charge in [0.25, 0.3) is 0 Å². The molecule has 1 rings (SSSR count). The normalized spacial score (nSPS) is 11.2. The van der Waals surface area contributed by atoms with Crippen molar-refractivity contribution < 1.29 is 0 Å². The number of aromatic nitrogens is 2. The van der Waals surface area contributed by atoms with Gasteiger partial charge in [-0.3, -0.25) is 4.68 Å². The molecule has 0 atom stereocenters. The molecule has 0 saturated heterocycles. The summed E-state index contributed by atoms with van der Waals surface area (Å²) in [6, 6.07) is 0. The van der Waals surface area contributed by atoms with E-state index in [4.69, 9.17) is 0 Å². The zero-order valence-corrected chi connectivity index (χ0v) is 10.2. The van der Waals surface area contributed by atoms with E-state index in [0.29, 0.717) is 0 Å². The summed E-state index contributed by atoms with van der Waals surface area (Å²) in [6.45, 7) is 9.81. The van der Waals surface area contributed by atoms with Crippen molar-refractivity contribution in [3.8, 4) is 0 Å². The Morgan fingerprint density at radius 1 is 1.47 bits per heavy atom. The fraction of sp³-hybridized carbons (Fsp3) is 0.750. The summed E-state index contributed by atoms with van der Waals surface area (Å²) < 4.78 is 2.03. The minimum Gasteiger partial charge on any atom is -0.316 e. The molecule has 1 aromatic heterocycles. The number of nitrogens with one attached hydrogen (secondary N) is 1. The standard InChI is InChI=1S/C12H23N3/c1-4-7-15-10-12(9-14-15)5-6-13-8-11(2)3/h9-11,13H,4-8H2,1-3H3. The van der Waals surface area contributed by atoms with E-state index in [1.807, 2.05) is 10.9 Å². The smallest absolute Gasteiger partial charge is 0.0522 e. The molecular weight excluding hydrogens is 186 g/mol. The topological polar surface area (TPSA) is 29.9 Å². The van der Waals surface area contributed by atoms with Gasteiger partial charge >= 0.3 is 0 Å². The van der Waals surface area contributed by atoms with Crippen LogP contribution in [0, 0.1) is 5.92 Å². The van der Waals surface area contributed by atoms with Crippen LogP contribution in [0.5, 0.6) is 0 Å². The van der Waals surface area contributed by atoms with Crippen LogP contribution < -0.4 is 5.32 Å². The summed E-state index contributed by atoms with van der Waals surface area (Å²) in [6.07, 6.45) is 6.36. The summed E-state index contributed by atoms with van der Waals surface area (Å²) in [7, 11) is 0. The molecule has 0 aliphatic heterocycles. The highest BCUT2D eigenvalue weighted by Crippen LogP contribution is 1.99. The van der Waals surface area contributed by atoms with Gasteiger partial charge in [-0.1, -0.05) is 20.8 Å². The van der Waals surface area contributed by atoms with E-state index in [-0.39, 0.29) is 0 Å². The predicted molar refractivity (Wildman–Crippen MR) is 63.9 cm³/mol. The molecule has 15 heavy (non-hydrogen) atoms. The predicted octanol–water partition coefficient (Wildman–Crippen LogP) is 2.08. The second-order valence-electron chi connectivity index (χ2n) is 4.46. The first kappa shape index (κ1) is 12.2. The molecule has 3 nitrogen and oxygen atoms in total. The summed E-state index contributed by atoms with van der Waals surface area (Å²) in [5.41, 5.74) is 1.33. The molecule has 0 aliphatic rings. The zero-order chi connectivity index (χ0) is 11.1. The average Bonchev–Trinajstić information content (AvgIpc) is 2.61. The van der Waals surface area contributed by atoms with Crippen molar-refractivity contribution in [2.24, 2.45) is 5.92 Å². The van der Waals surface area contributed by atoms with Crippen LogP contribution in [0.4, 0.5) is 0 Å². The fourth-order valence-electron chi connectivity index (χ4n) is 1.51. The van der Waals surface area contributed by atoms with Gasteiger partial charge in [-0.15, -0.1) is 0 Å². The van der Waals surface area contributed by atoms with Crippen LogP contribution in [0.2, 0.25) is 0 Å². The van der Waals surface area contributed by atoms with Gasteiger partial charge in [0.05, 0.1) is 6.20 Å². The third-order valence-corrected chi connectivity index (χ3v) is 2.28. The highest BCUT2D eigenvalue weighted by molar-refractivity contribution is 5.04. The van der Waals surface area contributed by atoms with Crippen molar-refractivity contribution in [3.63, 3.8) is 0 Å². The molecule has 86 valence electrons. The minimum absolute atomic E-state index is 0.729. The van der Waals surface area contributed by atoms with Crippen molar-refractivity contribution in [1.29, 1.82) is 0 Å². The maximum absolute atomic E-state index is 4.31. The number of nitrogens with zero attached hydrogens (tertiary/aromatic N) is 2. The Hall–Kier alpha value is -0.830. The van der Waals surface area contributed by atoms with Gasteiger partial charge in [0.2, 0.25) is 0 Å². The molecule has 0 amide bonds. The van der Waals surface area contributed by atoms with E-state index in [9.17, 15) is 0 Å². The first-order valence-corrected chi connectivity index (χ1v) is 5.94. The molecule has 0 radical (unpaired) electrons. The molecule has 1 aromatic rings. The van der Waals surface area contributed by atoms with Crippen LogP contribution in [0.1, 0.15) is 32.8 Å². The van der Waals surface area contributed by atoms with Crippen LogP contribution in [-0.4, -0.2) is 22.9 Å². The highest BCUT2D eigenvalue weighted by Gasteiger charge is 1.98. The van der Waals surface area contributed by atoms with Gasteiger partial charge in [0.1, 0.15) is 0 Å². The van der Waals surface area contributed by atoms with E-state index in [1.54, 1.807) is 0 Å². The van der Waals surface area contributed by atoms with Crippen molar-refractivity contribution in [1.82, 2.24) is 15.1 Å². The number of hydrogen-bond acceptors (Lipinski definition) is 2. The zero-order valence-electron chi connectivity index (χ0n) is 10.2. The van der Waals surface area contributed by atoms with Crippen molar-refractivity contribution >= 4 is 0 Å². The van der Waals surface area contributed by atoms with Crippen LogP contribution in [0.25, 0.3) is 0 Å². The van der Waals surface area contributed by atoms with Crippen LogP contribution in [-0.2, 0) is 13.0 Å². The fourth-order valence-corrected chi connectivity index (χ4v) is 1.51. The van der Waals surface area contributed by atoms with Crippen LogP contribution in [0.3, 0.4) is 0 Å². The summed E-state index contributed by atoms with van der Waals surface area (Å²) in [5.74, 6) is 0.729. The Kier molecular flexibility index (Phi) is 5.40. The molecule has 0 saturated carbocycles. The third-order valence-electron chi connectivity index (χ3n) is 2.28. The van der Waals surface area contributed by atoms with E-state index in [1.165, 1.54) is 5.56 Å². The molecule has 0 spiro atoms. The van der Waals surface area contributed by atoms with E-state index >= 15 is 0 Å². The van der Waals surface area contributed by atoms with E-state index < -0.39 is 0 Å². The largest absolute Gasteiger partial charge is 0.316 e. The molecule has 1 heterocycles. The van der Waals surface area contributed by atoms with Crippen LogP contribution >= 0.6 is 0 Å². The number of hydrogen-bond donors (Lipinski definition) is 1. The van der Waals surface area contributed by atoms with Crippen LogP contribution in [0.15, 0.2) is 12.4 Å². The molecule has 0 aromatic carbocycles. The van der Waals surface area contributed by atoms with Gasteiger partial charge in [-0.2, -0.15) is 5.10 Å². The van der Waals surface area contributed by atoms with Gasteiger partial charge in [0.15, 0.2) is 0 Å². The van der Waals surface area contributed by atoms with E-state index in [2.05, 4.69) is 37.4 Å². The van der Waals surface area contributed by atoms with Gasteiger partial charge in [-0.25, -0.2) is 0 Å². The first-order chi connectivity index (χ1) is 7.22. The lowest BCUT2D eigenvalue weighted by molar-refractivity contribution is 0.554. The molecular formula is C12H23N3. The Balaban J connectivity index is 2.19. The van der Waals surface area contributed by atoms with Gasteiger partial charge in [-0.05, 0) is 37.4 Å².